The molecule has 0 radical (unpaired) electrons. The number of nitrogen functional groups attached to an aromatic ring is 1. The van der Waals surface area contributed by atoms with E-state index in [1.54, 1.807) is 30.3 Å². The summed E-state index contributed by atoms with van der Waals surface area (Å²) in [4.78, 5) is 27.6. The summed E-state index contributed by atoms with van der Waals surface area (Å²) in [6, 6.07) is 10.2. The van der Waals surface area contributed by atoms with Crippen LogP contribution in [0.5, 0.6) is 0 Å². The number of nitrogens with zero attached hydrogens (tertiary/aromatic N) is 1. The lowest BCUT2D eigenvalue weighted by atomic mass is 10.1. The van der Waals surface area contributed by atoms with Crippen LogP contribution in [-0.4, -0.2) is 9.55 Å². The number of nitrogens with two attached hydrogens (primary N) is 1. The fourth-order valence-electron chi connectivity index (χ4n) is 2.34. The van der Waals surface area contributed by atoms with Crippen LogP contribution < -0.4 is 17.0 Å². The number of benzene rings is 2. The standard InChI is InChI=1S/C16H15N3O2/c1-9-7-13-14(8-10(9)2)18-16(21)19(15(13)20)12-5-3-11(17)4-6-12/h3-8H,17H2,1-2H3,(H,18,21). The number of aromatic amines is 1. The molecule has 21 heavy (non-hydrogen) atoms. The molecule has 0 aliphatic heterocycles. The predicted molar refractivity (Wildman–Crippen MR) is 84.1 cm³/mol. The van der Waals surface area contributed by atoms with E-state index in [0.717, 1.165) is 15.7 Å². The summed E-state index contributed by atoms with van der Waals surface area (Å²) < 4.78 is 1.12. The van der Waals surface area contributed by atoms with Gasteiger partial charge in [-0.3, -0.25) is 4.79 Å². The smallest absolute Gasteiger partial charge is 0.333 e. The lowest BCUT2D eigenvalue weighted by molar-refractivity contribution is 0.901. The van der Waals surface area contributed by atoms with Crippen molar-refractivity contribution >= 4 is 16.6 Å². The van der Waals surface area contributed by atoms with Gasteiger partial charge in [-0.1, -0.05) is 0 Å². The molecule has 0 amide bonds. The Bertz CT molecular complexity index is 950. The summed E-state index contributed by atoms with van der Waals surface area (Å²) in [6.45, 7) is 3.88. The Kier molecular flexibility index (Phi) is 2.90. The molecule has 0 aliphatic rings. The van der Waals surface area contributed by atoms with Gasteiger partial charge in [0.25, 0.3) is 5.56 Å². The number of hydrogen-bond donors (Lipinski definition) is 2. The zero-order chi connectivity index (χ0) is 15.1. The first-order valence-electron chi connectivity index (χ1n) is 6.59. The minimum absolute atomic E-state index is 0.332. The van der Waals surface area contributed by atoms with Crippen molar-refractivity contribution in [2.24, 2.45) is 0 Å². The third kappa shape index (κ3) is 2.12. The number of nitrogens with one attached hydrogen (secondary N) is 1. The van der Waals surface area contributed by atoms with Crippen molar-refractivity contribution < 1.29 is 0 Å². The highest BCUT2D eigenvalue weighted by Crippen LogP contribution is 2.14. The van der Waals surface area contributed by atoms with Crippen LogP contribution in [0.25, 0.3) is 16.6 Å². The first-order chi connectivity index (χ1) is 9.97. The van der Waals surface area contributed by atoms with E-state index in [2.05, 4.69) is 4.98 Å². The first kappa shape index (κ1) is 13.2. The Morgan fingerprint density at radius 3 is 2.29 bits per heavy atom. The molecule has 3 aromatic rings. The van der Waals surface area contributed by atoms with E-state index < -0.39 is 5.69 Å². The molecule has 0 spiro atoms. The number of anilines is 1. The van der Waals surface area contributed by atoms with Crippen LogP contribution in [0.2, 0.25) is 0 Å². The normalized spacial score (nSPS) is 11.0. The van der Waals surface area contributed by atoms with Gasteiger partial charge >= 0.3 is 5.69 Å². The highest BCUT2D eigenvalue weighted by Gasteiger charge is 2.10. The quantitative estimate of drug-likeness (QED) is 0.668. The zero-order valence-corrected chi connectivity index (χ0v) is 11.8. The van der Waals surface area contributed by atoms with E-state index in [0.29, 0.717) is 22.3 Å². The maximum absolute atomic E-state index is 12.6. The molecular weight excluding hydrogens is 266 g/mol. The van der Waals surface area contributed by atoms with E-state index in [1.807, 2.05) is 19.9 Å². The third-order valence-electron chi connectivity index (χ3n) is 3.66. The van der Waals surface area contributed by atoms with Gasteiger partial charge in [0.15, 0.2) is 0 Å². The molecule has 1 heterocycles. The van der Waals surface area contributed by atoms with Gasteiger partial charge in [-0.2, -0.15) is 0 Å². The minimum atomic E-state index is -0.458. The maximum atomic E-state index is 12.6. The van der Waals surface area contributed by atoms with E-state index in [-0.39, 0.29) is 5.56 Å². The first-order valence-corrected chi connectivity index (χ1v) is 6.59. The van der Waals surface area contributed by atoms with Gasteiger partial charge in [0, 0.05) is 5.69 Å². The van der Waals surface area contributed by atoms with E-state index in [4.69, 9.17) is 5.73 Å². The summed E-state index contributed by atoms with van der Waals surface area (Å²) in [5.74, 6) is 0. The largest absolute Gasteiger partial charge is 0.399 e. The molecule has 0 saturated carbocycles. The molecule has 5 heteroatoms. The number of fused-ring (bicyclic) bond motifs is 1. The van der Waals surface area contributed by atoms with Crippen molar-refractivity contribution in [3.8, 4) is 5.69 Å². The summed E-state index contributed by atoms with van der Waals surface area (Å²) in [6.07, 6.45) is 0. The Hall–Kier alpha value is -2.82. The molecule has 3 N–H and O–H groups in total. The summed E-state index contributed by atoms with van der Waals surface area (Å²) in [5.41, 5.74) is 8.52. The molecule has 0 aliphatic carbocycles. The fourth-order valence-corrected chi connectivity index (χ4v) is 2.34. The van der Waals surface area contributed by atoms with Crippen molar-refractivity contribution in [2.75, 3.05) is 5.73 Å². The molecular formula is C16H15N3O2. The van der Waals surface area contributed by atoms with Crippen molar-refractivity contribution in [3.63, 3.8) is 0 Å². The molecule has 0 atom stereocenters. The summed E-state index contributed by atoms with van der Waals surface area (Å²) in [7, 11) is 0. The van der Waals surface area contributed by atoms with Crippen molar-refractivity contribution in [2.45, 2.75) is 13.8 Å². The van der Waals surface area contributed by atoms with Gasteiger partial charge in [0.1, 0.15) is 0 Å². The van der Waals surface area contributed by atoms with Crippen LogP contribution in [0.15, 0.2) is 46.0 Å². The van der Waals surface area contributed by atoms with Crippen LogP contribution in [0.3, 0.4) is 0 Å². The SMILES string of the molecule is Cc1cc2[nH]c(=O)n(-c3ccc(N)cc3)c(=O)c2cc1C. The predicted octanol–water partition coefficient (Wildman–Crippen LogP) is 1.88. The lowest BCUT2D eigenvalue weighted by Gasteiger charge is -2.08. The molecule has 0 unspecified atom stereocenters. The molecule has 2 aromatic carbocycles. The van der Waals surface area contributed by atoms with E-state index in [9.17, 15) is 9.59 Å². The summed E-state index contributed by atoms with van der Waals surface area (Å²) in [5, 5.41) is 0.495. The van der Waals surface area contributed by atoms with Crippen LogP contribution in [-0.2, 0) is 0 Å². The van der Waals surface area contributed by atoms with Crippen LogP contribution in [0.1, 0.15) is 11.1 Å². The topological polar surface area (TPSA) is 80.9 Å². The zero-order valence-electron chi connectivity index (χ0n) is 11.8. The Morgan fingerprint density at radius 2 is 1.62 bits per heavy atom. The molecule has 1 aromatic heterocycles. The van der Waals surface area contributed by atoms with Crippen LogP contribution in [0, 0.1) is 13.8 Å². The summed E-state index contributed by atoms with van der Waals surface area (Å²) >= 11 is 0. The van der Waals surface area contributed by atoms with Gasteiger partial charge < -0.3 is 10.7 Å². The Morgan fingerprint density at radius 1 is 1.00 bits per heavy atom. The average molecular weight is 281 g/mol. The number of rotatable bonds is 1. The van der Waals surface area contributed by atoms with Gasteiger partial charge in [-0.05, 0) is 61.4 Å². The van der Waals surface area contributed by atoms with Gasteiger partial charge in [0.2, 0.25) is 0 Å². The fraction of sp³-hybridized carbons (Fsp3) is 0.125. The second-order valence-electron chi connectivity index (χ2n) is 5.14. The van der Waals surface area contributed by atoms with Gasteiger partial charge in [-0.25, -0.2) is 9.36 Å². The van der Waals surface area contributed by atoms with E-state index in [1.165, 1.54) is 0 Å². The Balaban J connectivity index is 2.39. The highest BCUT2D eigenvalue weighted by molar-refractivity contribution is 5.79. The molecule has 0 saturated heterocycles. The van der Waals surface area contributed by atoms with Gasteiger partial charge in [0.05, 0.1) is 16.6 Å². The lowest BCUT2D eigenvalue weighted by Crippen LogP contribution is -2.33. The molecule has 0 bridgehead atoms. The Labute approximate surface area is 120 Å². The van der Waals surface area contributed by atoms with Crippen LogP contribution in [0.4, 0.5) is 5.69 Å². The minimum Gasteiger partial charge on any atom is -0.399 e. The van der Waals surface area contributed by atoms with Crippen molar-refractivity contribution in [1.82, 2.24) is 9.55 Å². The van der Waals surface area contributed by atoms with E-state index >= 15 is 0 Å². The van der Waals surface area contributed by atoms with Crippen molar-refractivity contribution in [1.29, 1.82) is 0 Å². The van der Waals surface area contributed by atoms with Crippen molar-refractivity contribution in [3.05, 3.63) is 68.4 Å². The number of hydrogen-bond acceptors (Lipinski definition) is 3. The second kappa shape index (κ2) is 4.63. The third-order valence-corrected chi connectivity index (χ3v) is 3.66. The van der Waals surface area contributed by atoms with Crippen LogP contribution >= 0.6 is 0 Å². The highest BCUT2D eigenvalue weighted by atomic mass is 16.2. The average Bonchev–Trinajstić information content (AvgIpc) is 2.43. The molecule has 5 nitrogen and oxygen atoms in total. The maximum Gasteiger partial charge on any atom is 0.333 e. The number of H-pyrrole nitrogens is 1. The molecule has 0 fully saturated rings. The monoisotopic (exact) mass is 281 g/mol. The second-order valence-corrected chi connectivity index (χ2v) is 5.14. The van der Waals surface area contributed by atoms with Gasteiger partial charge in [-0.15, -0.1) is 0 Å². The number of aryl methyl sites for hydroxylation is 2. The molecule has 3 rings (SSSR count). The number of aromatic nitrogens is 2. The molecule has 106 valence electrons.